The largest absolute Gasteiger partial charge is 0.478 e. The van der Waals surface area contributed by atoms with Crippen LogP contribution in [0, 0.1) is 11.7 Å². The summed E-state index contributed by atoms with van der Waals surface area (Å²) in [6, 6.07) is 3.91. The summed E-state index contributed by atoms with van der Waals surface area (Å²) in [5, 5.41) is 9.06. The van der Waals surface area contributed by atoms with Crippen molar-refractivity contribution in [3.05, 3.63) is 48.2 Å². The lowest BCUT2D eigenvalue weighted by molar-refractivity contribution is -0.234. The third-order valence-corrected chi connectivity index (χ3v) is 5.68. The Balaban J connectivity index is 1.76. The highest BCUT2D eigenvalue weighted by Gasteiger charge is 2.50. The van der Waals surface area contributed by atoms with Crippen molar-refractivity contribution in [3.63, 3.8) is 0 Å². The summed E-state index contributed by atoms with van der Waals surface area (Å²) >= 11 is 0. The second-order valence-corrected chi connectivity index (χ2v) is 9.06. The maximum Gasteiger partial charge on any atom is 0.434 e. The molecule has 16 heteroatoms. The molecule has 9 nitrogen and oxygen atoms in total. The van der Waals surface area contributed by atoms with Crippen molar-refractivity contribution >= 4 is 17.6 Å². The first-order valence-corrected chi connectivity index (χ1v) is 11.2. The predicted molar refractivity (Wildman–Crippen MR) is 120 cm³/mol. The van der Waals surface area contributed by atoms with E-state index >= 15 is 0 Å². The minimum atomic E-state index is -4.80. The molecule has 1 aliphatic heterocycles. The van der Waals surface area contributed by atoms with Gasteiger partial charge in [-0.3, -0.25) is 9.59 Å². The number of ether oxygens (including phenoxy) is 1. The van der Waals surface area contributed by atoms with Gasteiger partial charge in [0.05, 0.1) is 24.0 Å². The molecule has 1 aliphatic rings. The molecule has 1 saturated heterocycles. The van der Waals surface area contributed by atoms with Gasteiger partial charge in [-0.2, -0.15) is 26.3 Å². The second kappa shape index (κ2) is 9.81. The van der Waals surface area contributed by atoms with Crippen molar-refractivity contribution < 1.29 is 45.1 Å². The fourth-order valence-electron chi connectivity index (χ4n) is 3.54. The van der Waals surface area contributed by atoms with Gasteiger partial charge >= 0.3 is 12.4 Å². The van der Waals surface area contributed by atoms with Crippen LogP contribution in [-0.4, -0.2) is 49.9 Å². The van der Waals surface area contributed by atoms with Gasteiger partial charge in [-0.25, -0.2) is 19.0 Å². The van der Waals surface area contributed by atoms with Crippen LogP contribution < -0.4 is 15.4 Å². The van der Waals surface area contributed by atoms with Gasteiger partial charge in [0.15, 0.2) is 22.9 Å². The summed E-state index contributed by atoms with van der Waals surface area (Å²) in [5.74, 6) is -3.59. The summed E-state index contributed by atoms with van der Waals surface area (Å²) in [4.78, 5) is 31.0. The van der Waals surface area contributed by atoms with E-state index in [0.717, 1.165) is 42.9 Å². The molecule has 0 radical (unpaired) electrons. The van der Waals surface area contributed by atoms with Crippen LogP contribution in [0.15, 0.2) is 36.7 Å². The molecule has 1 aromatic carbocycles. The van der Waals surface area contributed by atoms with E-state index < -0.39 is 47.0 Å². The third-order valence-electron chi connectivity index (χ3n) is 5.68. The molecule has 0 bridgehead atoms. The fourth-order valence-corrected chi connectivity index (χ4v) is 3.54. The number of carbonyl (C=O) groups is 2. The molecular weight excluding hydrogens is 541 g/mol. The standard InChI is InChI=1S/C23H19F7N6O3/c1-21(2,23(28,29)30)39-14-4-11(3-13(24)6-14)15-7-17(34-20(38)12-5-19(37)33-8-12)35-36(15)18-10-31-16(9-32-18)22(25,26)27/h3-4,6-7,9-10,12H,5,8H2,1-2H3,(H,33,37)(H,34,35,38)/t12-/m1/s1. The Bertz CT molecular complexity index is 1400. The van der Waals surface area contributed by atoms with Crippen LogP contribution in [-0.2, 0) is 15.8 Å². The number of amides is 2. The Labute approximate surface area is 215 Å². The number of anilines is 1. The topological polar surface area (TPSA) is 111 Å². The summed E-state index contributed by atoms with van der Waals surface area (Å²) in [7, 11) is 0. The molecule has 39 heavy (non-hydrogen) atoms. The summed E-state index contributed by atoms with van der Waals surface area (Å²) < 4.78 is 99.3. The monoisotopic (exact) mass is 560 g/mol. The van der Waals surface area contributed by atoms with Crippen molar-refractivity contribution in [2.24, 2.45) is 5.92 Å². The molecule has 0 saturated carbocycles. The molecular formula is C23H19F7N6O3. The Morgan fingerprint density at radius 1 is 1.08 bits per heavy atom. The number of benzene rings is 1. The van der Waals surface area contributed by atoms with E-state index in [1.54, 1.807) is 0 Å². The highest BCUT2D eigenvalue weighted by atomic mass is 19.4. The first-order valence-electron chi connectivity index (χ1n) is 11.2. The average Bonchev–Trinajstić information content (AvgIpc) is 3.43. The molecule has 0 aliphatic carbocycles. The van der Waals surface area contributed by atoms with E-state index in [0.29, 0.717) is 6.20 Å². The number of alkyl halides is 6. The molecule has 1 atom stereocenters. The Kier molecular flexibility index (Phi) is 6.99. The van der Waals surface area contributed by atoms with E-state index in [2.05, 4.69) is 25.7 Å². The number of hydrogen-bond donors (Lipinski definition) is 2. The maximum atomic E-state index is 14.5. The van der Waals surface area contributed by atoms with Crippen molar-refractivity contribution in [2.45, 2.75) is 38.2 Å². The smallest absolute Gasteiger partial charge is 0.434 e. The molecule has 0 unspecified atom stereocenters. The van der Waals surface area contributed by atoms with Gasteiger partial charge in [0.25, 0.3) is 0 Å². The number of aromatic nitrogens is 4. The minimum Gasteiger partial charge on any atom is -0.478 e. The van der Waals surface area contributed by atoms with Crippen molar-refractivity contribution in [3.8, 4) is 22.8 Å². The predicted octanol–water partition coefficient (Wildman–Crippen LogP) is 4.28. The first kappa shape index (κ1) is 27.8. The first-order chi connectivity index (χ1) is 18.0. The Morgan fingerprint density at radius 2 is 1.79 bits per heavy atom. The van der Waals surface area contributed by atoms with Crippen LogP contribution in [0.3, 0.4) is 0 Å². The van der Waals surface area contributed by atoms with Gasteiger partial charge < -0.3 is 15.4 Å². The number of carbonyl (C=O) groups excluding carboxylic acids is 2. The zero-order valence-corrected chi connectivity index (χ0v) is 20.1. The summed E-state index contributed by atoms with van der Waals surface area (Å²) in [5.41, 5.74) is -4.17. The fraction of sp³-hybridized carbons (Fsp3) is 0.348. The van der Waals surface area contributed by atoms with Gasteiger partial charge in [0, 0.05) is 30.7 Å². The second-order valence-electron chi connectivity index (χ2n) is 9.06. The Hall–Kier alpha value is -4.24. The van der Waals surface area contributed by atoms with Crippen LogP contribution in [0.5, 0.6) is 5.75 Å². The molecule has 4 rings (SSSR count). The summed E-state index contributed by atoms with van der Waals surface area (Å²) in [6.45, 7) is 1.56. The molecule has 0 spiro atoms. The summed E-state index contributed by atoms with van der Waals surface area (Å²) in [6.07, 6.45) is -8.51. The third kappa shape index (κ3) is 6.09. The van der Waals surface area contributed by atoms with Gasteiger partial charge in [-0.05, 0) is 26.0 Å². The van der Waals surface area contributed by atoms with Gasteiger partial charge in [-0.1, -0.05) is 0 Å². The lowest BCUT2D eigenvalue weighted by Crippen LogP contribution is -2.44. The highest BCUT2D eigenvalue weighted by molar-refractivity contribution is 5.97. The van der Waals surface area contributed by atoms with E-state index in [-0.39, 0.29) is 41.8 Å². The van der Waals surface area contributed by atoms with Crippen molar-refractivity contribution in [2.75, 3.05) is 11.9 Å². The SMILES string of the molecule is CC(C)(Oc1cc(F)cc(-c2cc(NC(=O)[C@H]3CNC(=O)C3)nn2-c2cnc(C(F)(F)F)cn2)c1)C(F)(F)F. The number of nitrogens with one attached hydrogen (secondary N) is 2. The molecule has 3 heterocycles. The normalized spacial score (nSPS) is 16.2. The van der Waals surface area contributed by atoms with Crippen LogP contribution in [0.4, 0.5) is 36.6 Å². The van der Waals surface area contributed by atoms with Gasteiger partial charge in [0.1, 0.15) is 11.6 Å². The average molecular weight is 560 g/mol. The molecule has 208 valence electrons. The van der Waals surface area contributed by atoms with E-state index in [9.17, 15) is 40.3 Å². The molecule has 3 aromatic rings. The number of hydrogen-bond acceptors (Lipinski definition) is 6. The van der Waals surface area contributed by atoms with Crippen LogP contribution >= 0.6 is 0 Å². The number of nitrogens with zero attached hydrogens (tertiary/aromatic N) is 4. The van der Waals surface area contributed by atoms with Crippen molar-refractivity contribution in [1.82, 2.24) is 25.1 Å². The van der Waals surface area contributed by atoms with Gasteiger partial charge in [-0.15, -0.1) is 5.10 Å². The molecule has 2 aromatic heterocycles. The quantitative estimate of drug-likeness (QED) is 0.436. The molecule has 2 N–H and O–H groups in total. The van der Waals surface area contributed by atoms with Crippen LogP contribution in [0.1, 0.15) is 26.0 Å². The minimum absolute atomic E-state index is 0.0716. The van der Waals surface area contributed by atoms with E-state index in [1.165, 1.54) is 6.07 Å². The number of halogens is 7. The van der Waals surface area contributed by atoms with Crippen molar-refractivity contribution in [1.29, 1.82) is 0 Å². The zero-order chi connectivity index (χ0) is 28.8. The lowest BCUT2D eigenvalue weighted by atomic mass is 10.1. The molecule has 1 fully saturated rings. The zero-order valence-electron chi connectivity index (χ0n) is 20.1. The van der Waals surface area contributed by atoms with E-state index in [1.807, 2.05) is 0 Å². The number of rotatable bonds is 6. The van der Waals surface area contributed by atoms with Crippen LogP contribution in [0.2, 0.25) is 0 Å². The maximum absolute atomic E-state index is 14.5. The van der Waals surface area contributed by atoms with Gasteiger partial charge in [0.2, 0.25) is 11.8 Å². The molecule has 2 amide bonds. The Morgan fingerprint density at radius 3 is 2.36 bits per heavy atom. The van der Waals surface area contributed by atoms with E-state index in [4.69, 9.17) is 4.74 Å². The highest BCUT2D eigenvalue weighted by Crippen LogP contribution is 2.36. The lowest BCUT2D eigenvalue weighted by Gasteiger charge is -2.29. The van der Waals surface area contributed by atoms with Crippen LogP contribution in [0.25, 0.3) is 17.1 Å².